The highest BCUT2D eigenvalue weighted by Crippen LogP contribution is 2.25. The Morgan fingerprint density at radius 3 is 1.39 bits per heavy atom. The van der Waals surface area contributed by atoms with Crippen LogP contribution in [0.1, 0.15) is 89.2 Å². The van der Waals surface area contributed by atoms with Crippen LogP contribution in [-0.2, 0) is 17.6 Å². The molecule has 0 fully saturated rings. The normalized spacial score (nSPS) is 13.2. The van der Waals surface area contributed by atoms with Gasteiger partial charge in [0.2, 0.25) is 0 Å². The summed E-state index contributed by atoms with van der Waals surface area (Å²) >= 11 is 0. The average Bonchev–Trinajstić information content (AvgIpc) is 2.77. The number of nitrogen functional groups attached to an aromatic ring is 4. The second-order valence-electron chi connectivity index (χ2n) is 9.37. The third kappa shape index (κ3) is 9.95. The molecule has 2 atom stereocenters. The van der Waals surface area contributed by atoms with Crippen LogP contribution in [0.25, 0.3) is 0 Å². The molecular weight excluding hydrogens is 408 g/mol. The Morgan fingerprint density at radius 2 is 1.03 bits per heavy atom. The zero-order chi connectivity index (χ0) is 24.1. The molecule has 184 valence electrons. The molecule has 5 nitrogen and oxygen atoms in total. The number of aryl methyl sites for hydroxylation is 2. The monoisotopic (exact) mass is 454 g/mol. The highest BCUT2D eigenvalue weighted by atomic mass is 16.5. The number of unbranched alkanes of at least 4 members (excludes halogenated alkanes) is 4. The van der Waals surface area contributed by atoms with Gasteiger partial charge in [-0.25, -0.2) is 0 Å². The van der Waals surface area contributed by atoms with E-state index >= 15 is 0 Å². The van der Waals surface area contributed by atoms with E-state index in [0.29, 0.717) is 11.4 Å². The van der Waals surface area contributed by atoms with Crippen LogP contribution < -0.4 is 22.9 Å². The summed E-state index contributed by atoms with van der Waals surface area (Å²) in [5.41, 5.74) is 29.4. The second-order valence-corrected chi connectivity index (χ2v) is 9.37. The Balaban J connectivity index is 2.03. The van der Waals surface area contributed by atoms with Crippen molar-refractivity contribution in [2.24, 2.45) is 0 Å². The number of nitrogens with two attached hydrogens (primary N) is 4. The summed E-state index contributed by atoms with van der Waals surface area (Å²) in [5.74, 6) is 0. The molecule has 0 spiro atoms. The van der Waals surface area contributed by atoms with E-state index < -0.39 is 0 Å². The first-order chi connectivity index (χ1) is 15.9. The molecule has 2 aromatic rings. The summed E-state index contributed by atoms with van der Waals surface area (Å²) in [6, 6.07) is 11.7. The minimum atomic E-state index is 0.240. The van der Waals surface area contributed by atoms with Crippen molar-refractivity contribution in [1.82, 2.24) is 0 Å². The molecule has 0 aliphatic rings. The summed E-state index contributed by atoms with van der Waals surface area (Å²) in [5, 5.41) is 0. The molecule has 0 aromatic heterocycles. The van der Waals surface area contributed by atoms with Gasteiger partial charge in [0.05, 0.1) is 12.2 Å². The van der Waals surface area contributed by atoms with Gasteiger partial charge in [-0.05, 0) is 73.9 Å². The van der Waals surface area contributed by atoms with Crippen LogP contribution in [0.15, 0.2) is 36.4 Å². The van der Waals surface area contributed by atoms with Gasteiger partial charge >= 0.3 is 0 Å². The molecule has 0 aliphatic carbocycles. The Labute approximate surface area is 201 Å². The lowest BCUT2D eigenvalue weighted by atomic mass is 9.98. The van der Waals surface area contributed by atoms with Gasteiger partial charge in [-0.3, -0.25) is 0 Å². The number of hydrogen-bond acceptors (Lipinski definition) is 5. The Hall–Kier alpha value is -2.40. The van der Waals surface area contributed by atoms with Gasteiger partial charge in [-0.2, -0.15) is 0 Å². The third-order valence-electron chi connectivity index (χ3n) is 6.46. The van der Waals surface area contributed by atoms with Crippen LogP contribution in [0.4, 0.5) is 22.7 Å². The van der Waals surface area contributed by atoms with Crippen molar-refractivity contribution in [3.63, 3.8) is 0 Å². The first kappa shape index (κ1) is 26.8. The second kappa shape index (κ2) is 14.7. The van der Waals surface area contributed by atoms with Crippen molar-refractivity contribution in [2.75, 3.05) is 22.9 Å². The van der Waals surface area contributed by atoms with Crippen molar-refractivity contribution in [2.45, 2.75) is 103 Å². The highest BCUT2D eigenvalue weighted by molar-refractivity contribution is 5.57. The van der Waals surface area contributed by atoms with E-state index in [0.717, 1.165) is 61.0 Å². The lowest BCUT2D eigenvalue weighted by molar-refractivity contribution is -0.0298. The van der Waals surface area contributed by atoms with Crippen LogP contribution in [0.2, 0.25) is 0 Å². The molecule has 0 saturated heterocycles. The fourth-order valence-corrected chi connectivity index (χ4v) is 4.39. The van der Waals surface area contributed by atoms with Crippen LogP contribution in [0.3, 0.4) is 0 Å². The van der Waals surface area contributed by atoms with Gasteiger partial charge in [-0.15, -0.1) is 0 Å². The van der Waals surface area contributed by atoms with Crippen LogP contribution in [0, 0.1) is 0 Å². The van der Waals surface area contributed by atoms with Gasteiger partial charge in [-0.1, -0.05) is 64.5 Å². The Bertz CT molecular complexity index is 756. The molecule has 5 heteroatoms. The molecule has 0 amide bonds. The van der Waals surface area contributed by atoms with Crippen LogP contribution in [0.5, 0.6) is 0 Å². The van der Waals surface area contributed by atoms with Crippen molar-refractivity contribution < 1.29 is 4.74 Å². The SMILES string of the molecule is CCCCCC(CCc1ccc(N)cc1N)OC(CCCCC)CCc1ccc(N)cc1N. The lowest BCUT2D eigenvalue weighted by Crippen LogP contribution is -2.24. The fourth-order valence-electron chi connectivity index (χ4n) is 4.39. The standard InChI is InChI=1S/C28H46N4O/c1-3-5-7-9-25(17-13-21-11-15-23(29)19-27(21)31)33-26(10-8-6-4-2)18-14-22-12-16-24(30)20-28(22)32/h11-12,15-16,19-20,25-26H,3-10,13-14,17-18,29-32H2,1-2H3. The molecular formula is C28H46N4O. The van der Waals surface area contributed by atoms with Crippen molar-refractivity contribution in [3.05, 3.63) is 47.5 Å². The minimum Gasteiger partial charge on any atom is -0.399 e. The summed E-state index contributed by atoms with van der Waals surface area (Å²) in [6.45, 7) is 4.49. The van der Waals surface area contributed by atoms with Crippen molar-refractivity contribution in [3.8, 4) is 0 Å². The van der Waals surface area contributed by atoms with E-state index in [1.807, 2.05) is 24.3 Å². The van der Waals surface area contributed by atoms with E-state index in [9.17, 15) is 0 Å². The van der Waals surface area contributed by atoms with E-state index in [2.05, 4.69) is 26.0 Å². The zero-order valence-electron chi connectivity index (χ0n) is 20.8. The predicted molar refractivity (Wildman–Crippen MR) is 144 cm³/mol. The summed E-state index contributed by atoms with van der Waals surface area (Å²) in [7, 11) is 0. The predicted octanol–water partition coefficient (Wildman–Crippen LogP) is 6.50. The first-order valence-electron chi connectivity index (χ1n) is 12.9. The van der Waals surface area contributed by atoms with E-state index in [4.69, 9.17) is 27.7 Å². The van der Waals surface area contributed by atoms with Gasteiger partial charge in [0.1, 0.15) is 0 Å². The van der Waals surface area contributed by atoms with Crippen molar-refractivity contribution >= 4 is 22.7 Å². The van der Waals surface area contributed by atoms with Crippen molar-refractivity contribution in [1.29, 1.82) is 0 Å². The molecule has 0 radical (unpaired) electrons. The summed E-state index contributed by atoms with van der Waals surface area (Å²) in [6.07, 6.45) is 13.8. The molecule has 0 aliphatic heterocycles. The average molecular weight is 455 g/mol. The van der Waals surface area contributed by atoms with Crippen LogP contribution >= 0.6 is 0 Å². The summed E-state index contributed by atoms with van der Waals surface area (Å²) < 4.78 is 6.78. The quantitative estimate of drug-likeness (QED) is 0.171. The number of anilines is 4. The van der Waals surface area contributed by atoms with E-state index in [-0.39, 0.29) is 12.2 Å². The van der Waals surface area contributed by atoms with Gasteiger partial charge in [0, 0.05) is 22.7 Å². The number of rotatable bonds is 16. The largest absolute Gasteiger partial charge is 0.399 e. The molecule has 0 saturated carbocycles. The number of ether oxygens (including phenoxy) is 1. The maximum Gasteiger partial charge on any atom is 0.0582 e. The van der Waals surface area contributed by atoms with E-state index in [1.54, 1.807) is 0 Å². The highest BCUT2D eigenvalue weighted by Gasteiger charge is 2.18. The lowest BCUT2D eigenvalue weighted by Gasteiger charge is -2.26. The number of benzene rings is 2. The maximum absolute atomic E-state index is 6.78. The molecule has 2 aromatic carbocycles. The topological polar surface area (TPSA) is 113 Å². The smallest absolute Gasteiger partial charge is 0.0582 e. The molecule has 2 rings (SSSR count). The Morgan fingerprint density at radius 1 is 0.606 bits per heavy atom. The molecule has 33 heavy (non-hydrogen) atoms. The Kier molecular flexibility index (Phi) is 12.0. The van der Waals surface area contributed by atoms with Gasteiger partial charge in [0.15, 0.2) is 0 Å². The molecule has 2 unspecified atom stereocenters. The number of hydrogen-bond donors (Lipinski definition) is 4. The molecule has 0 bridgehead atoms. The molecule has 8 N–H and O–H groups in total. The maximum atomic E-state index is 6.78. The fraction of sp³-hybridized carbons (Fsp3) is 0.571. The van der Waals surface area contributed by atoms with Crippen LogP contribution in [-0.4, -0.2) is 12.2 Å². The van der Waals surface area contributed by atoms with Gasteiger partial charge < -0.3 is 27.7 Å². The summed E-state index contributed by atoms with van der Waals surface area (Å²) in [4.78, 5) is 0. The van der Waals surface area contributed by atoms with Gasteiger partial charge in [0.25, 0.3) is 0 Å². The molecule has 0 heterocycles. The zero-order valence-corrected chi connectivity index (χ0v) is 20.8. The van der Waals surface area contributed by atoms with E-state index in [1.165, 1.54) is 38.5 Å². The third-order valence-corrected chi connectivity index (χ3v) is 6.46. The first-order valence-corrected chi connectivity index (χ1v) is 12.9. The minimum absolute atomic E-state index is 0.240.